The number of furan rings is 1. The molecule has 0 bridgehead atoms. The molecule has 0 aliphatic rings. The van der Waals surface area contributed by atoms with Gasteiger partial charge < -0.3 is 10.2 Å². The van der Waals surface area contributed by atoms with Crippen LogP contribution in [0.1, 0.15) is 5.56 Å². The Hall–Kier alpha value is -2.20. The van der Waals surface area contributed by atoms with Crippen LogP contribution < -0.4 is 5.73 Å². The van der Waals surface area contributed by atoms with Gasteiger partial charge in [0.2, 0.25) is 0 Å². The summed E-state index contributed by atoms with van der Waals surface area (Å²) in [5.74, 6) is 0.304. The molecular formula is C14H11FN2O. The Morgan fingerprint density at radius 2 is 2.06 bits per heavy atom. The van der Waals surface area contributed by atoms with Gasteiger partial charge in [-0.3, -0.25) is 4.98 Å². The molecule has 0 amide bonds. The lowest BCUT2D eigenvalue weighted by Gasteiger charge is -1.98. The van der Waals surface area contributed by atoms with Crippen molar-refractivity contribution in [2.24, 2.45) is 5.73 Å². The summed E-state index contributed by atoms with van der Waals surface area (Å²) in [5.41, 5.74) is 7.78. The van der Waals surface area contributed by atoms with Gasteiger partial charge in [-0.2, -0.15) is 0 Å². The highest BCUT2D eigenvalue weighted by Gasteiger charge is 2.08. The molecule has 0 saturated heterocycles. The fourth-order valence-electron chi connectivity index (χ4n) is 1.87. The van der Waals surface area contributed by atoms with Gasteiger partial charge in [0, 0.05) is 24.2 Å². The summed E-state index contributed by atoms with van der Waals surface area (Å²) in [6, 6.07) is 10.0. The lowest BCUT2D eigenvalue weighted by Crippen LogP contribution is -1.96. The van der Waals surface area contributed by atoms with E-state index in [0.717, 1.165) is 10.9 Å². The minimum atomic E-state index is -0.313. The Labute approximate surface area is 103 Å². The molecule has 0 aliphatic heterocycles. The highest BCUT2D eigenvalue weighted by atomic mass is 19.1. The monoisotopic (exact) mass is 242 g/mol. The molecule has 3 nitrogen and oxygen atoms in total. The van der Waals surface area contributed by atoms with Gasteiger partial charge in [0.05, 0.1) is 0 Å². The summed E-state index contributed by atoms with van der Waals surface area (Å²) in [5, 5.41) is 0.853. The molecule has 2 aromatic heterocycles. The van der Waals surface area contributed by atoms with Crippen LogP contribution in [0.5, 0.6) is 0 Å². The molecule has 0 radical (unpaired) electrons. The van der Waals surface area contributed by atoms with Crippen LogP contribution in [-0.2, 0) is 6.54 Å². The van der Waals surface area contributed by atoms with Gasteiger partial charge in [-0.05, 0) is 35.9 Å². The zero-order chi connectivity index (χ0) is 12.5. The molecule has 2 heterocycles. The minimum Gasteiger partial charge on any atom is -0.454 e. The predicted molar refractivity (Wildman–Crippen MR) is 67.3 cm³/mol. The molecule has 3 rings (SSSR count). The normalized spacial score (nSPS) is 11.0. The largest absolute Gasteiger partial charge is 0.454 e. The molecule has 0 atom stereocenters. The van der Waals surface area contributed by atoms with Crippen molar-refractivity contribution >= 4 is 11.0 Å². The SMILES string of the molecule is NCc1ccnc(-c2cc3ccc(F)cc3o2)c1. The van der Waals surface area contributed by atoms with Gasteiger partial charge in [-0.1, -0.05) is 0 Å². The van der Waals surface area contributed by atoms with E-state index in [2.05, 4.69) is 4.98 Å². The van der Waals surface area contributed by atoms with Gasteiger partial charge in [0.1, 0.15) is 17.1 Å². The first kappa shape index (κ1) is 10.9. The molecule has 4 heteroatoms. The second kappa shape index (κ2) is 4.23. The van der Waals surface area contributed by atoms with Crippen molar-refractivity contribution in [1.29, 1.82) is 0 Å². The summed E-state index contributed by atoms with van der Waals surface area (Å²) >= 11 is 0. The zero-order valence-corrected chi connectivity index (χ0v) is 9.56. The summed E-state index contributed by atoms with van der Waals surface area (Å²) in [6.45, 7) is 0.449. The van der Waals surface area contributed by atoms with Crippen molar-refractivity contribution in [1.82, 2.24) is 4.98 Å². The van der Waals surface area contributed by atoms with Gasteiger partial charge >= 0.3 is 0 Å². The highest BCUT2D eigenvalue weighted by molar-refractivity contribution is 5.82. The Morgan fingerprint density at radius 1 is 1.17 bits per heavy atom. The zero-order valence-electron chi connectivity index (χ0n) is 9.56. The average Bonchev–Trinajstić information content (AvgIpc) is 2.81. The number of hydrogen-bond donors (Lipinski definition) is 1. The maximum atomic E-state index is 13.1. The van der Waals surface area contributed by atoms with Gasteiger partial charge in [-0.25, -0.2) is 4.39 Å². The number of nitrogens with zero attached hydrogens (tertiary/aromatic N) is 1. The molecular weight excluding hydrogens is 231 g/mol. The Bertz CT molecular complexity index is 706. The van der Waals surface area contributed by atoms with E-state index in [4.69, 9.17) is 10.2 Å². The smallest absolute Gasteiger partial charge is 0.153 e. The van der Waals surface area contributed by atoms with Gasteiger partial charge in [-0.15, -0.1) is 0 Å². The number of halogens is 1. The van der Waals surface area contributed by atoms with Crippen LogP contribution in [0.2, 0.25) is 0 Å². The highest BCUT2D eigenvalue weighted by Crippen LogP contribution is 2.27. The van der Waals surface area contributed by atoms with Crippen LogP contribution in [0.3, 0.4) is 0 Å². The second-order valence-electron chi connectivity index (χ2n) is 4.05. The third-order valence-electron chi connectivity index (χ3n) is 2.79. The van der Waals surface area contributed by atoms with Crippen LogP contribution >= 0.6 is 0 Å². The molecule has 1 aromatic carbocycles. The maximum Gasteiger partial charge on any atom is 0.153 e. The van der Waals surface area contributed by atoms with Crippen LogP contribution in [0.25, 0.3) is 22.4 Å². The molecule has 2 N–H and O–H groups in total. The Kier molecular flexibility index (Phi) is 2.57. The van der Waals surface area contributed by atoms with E-state index in [-0.39, 0.29) is 5.82 Å². The van der Waals surface area contributed by atoms with Crippen molar-refractivity contribution in [2.75, 3.05) is 0 Å². The van der Waals surface area contributed by atoms with Crippen LogP contribution in [-0.4, -0.2) is 4.98 Å². The molecule has 0 unspecified atom stereocenters. The fourth-order valence-corrected chi connectivity index (χ4v) is 1.87. The summed E-state index contributed by atoms with van der Waals surface area (Å²) in [4.78, 5) is 4.23. The van der Waals surface area contributed by atoms with E-state index >= 15 is 0 Å². The van der Waals surface area contributed by atoms with E-state index in [0.29, 0.717) is 23.6 Å². The molecule has 0 fully saturated rings. The van der Waals surface area contributed by atoms with Crippen LogP contribution in [0.4, 0.5) is 4.39 Å². The first-order chi connectivity index (χ1) is 8.76. The van der Waals surface area contributed by atoms with E-state index in [1.54, 1.807) is 12.3 Å². The number of pyridine rings is 1. The fraction of sp³-hybridized carbons (Fsp3) is 0.0714. The van der Waals surface area contributed by atoms with Crippen LogP contribution in [0, 0.1) is 5.82 Å². The molecule has 0 aliphatic carbocycles. The number of aromatic nitrogens is 1. The minimum absolute atomic E-state index is 0.313. The molecule has 0 saturated carbocycles. The third-order valence-corrected chi connectivity index (χ3v) is 2.79. The van der Waals surface area contributed by atoms with Crippen molar-refractivity contribution in [2.45, 2.75) is 6.54 Å². The van der Waals surface area contributed by atoms with Crippen LogP contribution in [0.15, 0.2) is 47.0 Å². The number of rotatable bonds is 2. The summed E-state index contributed by atoms with van der Waals surface area (Å²) in [6.07, 6.45) is 1.69. The number of nitrogens with two attached hydrogens (primary N) is 1. The van der Waals surface area contributed by atoms with E-state index in [1.807, 2.05) is 18.2 Å². The number of fused-ring (bicyclic) bond motifs is 1. The Balaban J connectivity index is 2.13. The van der Waals surface area contributed by atoms with Gasteiger partial charge in [0.25, 0.3) is 0 Å². The second-order valence-corrected chi connectivity index (χ2v) is 4.05. The van der Waals surface area contributed by atoms with E-state index < -0.39 is 0 Å². The first-order valence-electron chi connectivity index (χ1n) is 5.61. The van der Waals surface area contributed by atoms with Gasteiger partial charge in [0.15, 0.2) is 5.76 Å². The van der Waals surface area contributed by atoms with E-state index in [9.17, 15) is 4.39 Å². The maximum absolute atomic E-state index is 13.1. The quantitative estimate of drug-likeness (QED) is 0.751. The number of benzene rings is 1. The Morgan fingerprint density at radius 3 is 2.89 bits per heavy atom. The van der Waals surface area contributed by atoms with Crippen molar-refractivity contribution < 1.29 is 8.81 Å². The molecule has 90 valence electrons. The lowest BCUT2D eigenvalue weighted by molar-refractivity contribution is 0.606. The topological polar surface area (TPSA) is 52.0 Å². The molecule has 3 aromatic rings. The lowest BCUT2D eigenvalue weighted by atomic mass is 10.2. The molecule has 18 heavy (non-hydrogen) atoms. The summed E-state index contributed by atoms with van der Waals surface area (Å²) < 4.78 is 18.7. The van der Waals surface area contributed by atoms with E-state index in [1.165, 1.54) is 12.1 Å². The first-order valence-corrected chi connectivity index (χ1v) is 5.61. The van der Waals surface area contributed by atoms with Crippen molar-refractivity contribution in [3.8, 4) is 11.5 Å². The van der Waals surface area contributed by atoms with Crippen molar-refractivity contribution in [3.63, 3.8) is 0 Å². The average molecular weight is 242 g/mol. The third kappa shape index (κ3) is 1.87. The molecule has 0 spiro atoms. The predicted octanol–water partition coefficient (Wildman–Crippen LogP) is 3.09. The van der Waals surface area contributed by atoms with Crippen molar-refractivity contribution in [3.05, 3.63) is 54.0 Å². The summed E-state index contributed by atoms with van der Waals surface area (Å²) in [7, 11) is 0. The standard InChI is InChI=1S/C14H11FN2O/c15-11-2-1-10-6-14(18-13(10)7-11)12-5-9(8-16)3-4-17-12/h1-7H,8,16H2. The number of hydrogen-bond acceptors (Lipinski definition) is 3.